The summed E-state index contributed by atoms with van der Waals surface area (Å²) in [6, 6.07) is 8.16. The normalized spacial score (nSPS) is 13.6. The van der Waals surface area contributed by atoms with Crippen molar-refractivity contribution in [1.82, 2.24) is 9.78 Å². The van der Waals surface area contributed by atoms with E-state index in [0.29, 0.717) is 5.56 Å². The van der Waals surface area contributed by atoms with E-state index >= 15 is 0 Å². The van der Waals surface area contributed by atoms with Crippen LogP contribution in [0.2, 0.25) is 0 Å². The lowest BCUT2D eigenvalue weighted by Gasteiger charge is -2.14. The number of halogens is 3. The fourth-order valence-electron chi connectivity index (χ4n) is 1.55. The first-order valence-corrected chi connectivity index (χ1v) is 5.30. The summed E-state index contributed by atoms with van der Waals surface area (Å²) in [5.41, 5.74) is 1.18. The van der Waals surface area contributed by atoms with E-state index in [4.69, 9.17) is 5.11 Å². The van der Waals surface area contributed by atoms with Gasteiger partial charge < -0.3 is 5.11 Å². The molecule has 6 heteroatoms. The molecule has 0 saturated carbocycles. The van der Waals surface area contributed by atoms with Crippen LogP contribution in [0.25, 0.3) is 5.69 Å². The molecule has 1 heterocycles. The minimum atomic E-state index is -4.58. The number of hydrogen-bond acceptors (Lipinski definition) is 2. The van der Waals surface area contributed by atoms with Crippen LogP contribution in [-0.2, 0) is 6.42 Å². The summed E-state index contributed by atoms with van der Waals surface area (Å²) in [7, 11) is 0. The van der Waals surface area contributed by atoms with Crippen LogP contribution < -0.4 is 0 Å². The van der Waals surface area contributed by atoms with Crippen molar-refractivity contribution in [3.05, 3.63) is 48.3 Å². The topological polar surface area (TPSA) is 38.0 Å². The third kappa shape index (κ3) is 2.89. The van der Waals surface area contributed by atoms with Crippen molar-refractivity contribution in [1.29, 1.82) is 0 Å². The molecule has 0 spiro atoms. The van der Waals surface area contributed by atoms with Crippen LogP contribution in [0.3, 0.4) is 0 Å². The molecule has 3 nitrogen and oxygen atoms in total. The summed E-state index contributed by atoms with van der Waals surface area (Å²) in [6.07, 6.45) is -4.00. The molecule has 2 aromatic rings. The predicted octanol–water partition coefficient (Wildman–Crippen LogP) is 2.34. The Labute approximate surface area is 101 Å². The number of alkyl halides is 3. The molecule has 96 valence electrons. The Balaban J connectivity index is 2.09. The summed E-state index contributed by atoms with van der Waals surface area (Å²) in [5, 5.41) is 13.0. The zero-order valence-corrected chi connectivity index (χ0v) is 9.30. The number of aromatic nitrogens is 2. The van der Waals surface area contributed by atoms with Gasteiger partial charge in [-0.2, -0.15) is 18.3 Å². The Bertz CT molecular complexity index is 491. The summed E-state index contributed by atoms with van der Waals surface area (Å²) >= 11 is 0. The first-order chi connectivity index (χ1) is 8.47. The second-order valence-electron chi connectivity index (χ2n) is 3.88. The van der Waals surface area contributed by atoms with E-state index in [1.165, 1.54) is 0 Å². The van der Waals surface area contributed by atoms with Crippen LogP contribution in [0.4, 0.5) is 13.2 Å². The molecule has 1 aromatic carbocycles. The van der Waals surface area contributed by atoms with Gasteiger partial charge in [0.15, 0.2) is 6.10 Å². The van der Waals surface area contributed by atoms with Crippen molar-refractivity contribution >= 4 is 0 Å². The minimum absolute atomic E-state index is 0.427. The summed E-state index contributed by atoms with van der Waals surface area (Å²) in [4.78, 5) is 0. The van der Waals surface area contributed by atoms with Crippen molar-refractivity contribution in [2.24, 2.45) is 0 Å². The van der Waals surface area contributed by atoms with Crippen LogP contribution in [0.1, 0.15) is 5.56 Å². The lowest BCUT2D eigenvalue weighted by molar-refractivity contribution is -0.203. The standard InChI is InChI=1S/C12H11F3N2O/c13-12(14,15)11(18)8-9-2-4-10(5-3-9)17-7-1-6-16-17/h1-7,11,18H,8H2. The molecule has 2 rings (SSSR count). The van der Waals surface area contributed by atoms with Crippen molar-refractivity contribution < 1.29 is 18.3 Å². The van der Waals surface area contributed by atoms with Gasteiger partial charge in [0.25, 0.3) is 0 Å². The largest absolute Gasteiger partial charge is 0.414 e. The number of benzene rings is 1. The Morgan fingerprint density at radius 2 is 1.89 bits per heavy atom. The maximum Gasteiger partial charge on any atom is 0.414 e. The zero-order chi connectivity index (χ0) is 13.2. The van der Waals surface area contributed by atoms with Crippen LogP contribution in [0.5, 0.6) is 0 Å². The maximum absolute atomic E-state index is 12.2. The fourth-order valence-corrected chi connectivity index (χ4v) is 1.55. The van der Waals surface area contributed by atoms with E-state index < -0.39 is 18.7 Å². The number of hydrogen-bond donors (Lipinski definition) is 1. The molecule has 0 amide bonds. The van der Waals surface area contributed by atoms with Gasteiger partial charge in [-0.3, -0.25) is 0 Å². The van der Waals surface area contributed by atoms with Crippen molar-refractivity contribution in [2.45, 2.75) is 18.7 Å². The molecule has 1 unspecified atom stereocenters. The average Bonchev–Trinajstić information content (AvgIpc) is 2.82. The molecular weight excluding hydrogens is 245 g/mol. The molecule has 0 fully saturated rings. The van der Waals surface area contributed by atoms with Crippen LogP contribution in [0, 0.1) is 0 Å². The predicted molar refractivity (Wildman–Crippen MR) is 59.3 cm³/mol. The highest BCUT2D eigenvalue weighted by atomic mass is 19.4. The number of aliphatic hydroxyl groups is 1. The molecule has 1 aromatic heterocycles. The Morgan fingerprint density at radius 1 is 1.22 bits per heavy atom. The van der Waals surface area contributed by atoms with Crippen LogP contribution in [-0.4, -0.2) is 27.2 Å². The molecule has 18 heavy (non-hydrogen) atoms. The van der Waals surface area contributed by atoms with Crippen molar-refractivity contribution in [3.8, 4) is 5.69 Å². The van der Waals surface area contributed by atoms with Crippen LogP contribution >= 0.6 is 0 Å². The smallest absolute Gasteiger partial charge is 0.383 e. The van der Waals surface area contributed by atoms with E-state index in [9.17, 15) is 13.2 Å². The lowest BCUT2D eigenvalue weighted by Crippen LogP contribution is -2.30. The third-order valence-corrected chi connectivity index (χ3v) is 2.51. The van der Waals surface area contributed by atoms with Gasteiger partial charge in [0, 0.05) is 18.8 Å². The molecule has 0 aliphatic rings. The Morgan fingerprint density at radius 3 is 2.39 bits per heavy atom. The summed E-state index contributed by atoms with van der Waals surface area (Å²) < 4.78 is 38.1. The van der Waals surface area contributed by atoms with Gasteiger partial charge in [0.2, 0.25) is 0 Å². The molecule has 1 atom stereocenters. The SMILES string of the molecule is OC(Cc1ccc(-n2cccn2)cc1)C(F)(F)F. The molecule has 0 aliphatic heterocycles. The number of rotatable bonds is 3. The van der Waals surface area contributed by atoms with Crippen LogP contribution in [0.15, 0.2) is 42.7 Å². The quantitative estimate of drug-likeness (QED) is 0.915. The molecular formula is C12H11F3N2O. The second kappa shape index (κ2) is 4.81. The highest BCUT2D eigenvalue weighted by molar-refractivity contribution is 5.34. The van der Waals surface area contributed by atoms with Gasteiger partial charge in [0.1, 0.15) is 0 Å². The molecule has 0 aliphatic carbocycles. The van der Waals surface area contributed by atoms with Gasteiger partial charge in [0.05, 0.1) is 5.69 Å². The molecule has 0 radical (unpaired) electrons. The first-order valence-electron chi connectivity index (χ1n) is 5.30. The number of nitrogens with zero attached hydrogens (tertiary/aromatic N) is 2. The summed E-state index contributed by atoms with van der Waals surface area (Å²) in [5.74, 6) is 0. The maximum atomic E-state index is 12.2. The fraction of sp³-hybridized carbons (Fsp3) is 0.250. The van der Waals surface area contributed by atoms with Crippen molar-refractivity contribution in [3.63, 3.8) is 0 Å². The third-order valence-electron chi connectivity index (χ3n) is 2.51. The lowest BCUT2D eigenvalue weighted by atomic mass is 10.1. The molecule has 0 saturated heterocycles. The van der Waals surface area contributed by atoms with Gasteiger partial charge >= 0.3 is 6.18 Å². The van der Waals surface area contributed by atoms with Gasteiger partial charge in [-0.15, -0.1) is 0 Å². The van der Waals surface area contributed by atoms with Crippen molar-refractivity contribution in [2.75, 3.05) is 0 Å². The Kier molecular flexibility index (Phi) is 3.38. The number of aliphatic hydroxyl groups excluding tert-OH is 1. The first kappa shape index (κ1) is 12.6. The Hall–Kier alpha value is -1.82. The minimum Gasteiger partial charge on any atom is -0.383 e. The van der Waals surface area contributed by atoms with Gasteiger partial charge in [-0.1, -0.05) is 12.1 Å². The van der Waals surface area contributed by atoms with Gasteiger partial charge in [-0.25, -0.2) is 4.68 Å². The van der Waals surface area contributed by atoms with E-state index in [-0.39, 0.29) is 0 Å². The zero-order valence-electron chi connectivity index (χ0n) is 9.30. The van der Waals surface area contributed by atoms with Gasteiger partial charge in [-0.05, 0) is 23.8 Å². The highest BCUT2D eigenvalue weighted by Gasteiger charge is 2.37. The van der Waals surface area contributed by atoms with E-state index in [2.05, 4.69) is 5.10 Å². The van der Waals surface area contributed by atoms with E-state index in [1.807, 2.05) is 0 Å². The monoisotopic (exact) mass is 256 g/mol. The average molecular weight is 256 g/mol. The van der Waals surface area contributed by atoms with E-state index in [1.54, 1.807) is 47.4 Å². The molecule has 1 N–H and O–H groups in total. The second-order valence-corrected chi connectivity index (χ2v) is 3.88. The highest BCUT2D eigenvalue weighted by Crippen LogP contribution is 2.23. The van der Waals surface area contributed by atoms with E-state index in [0.717, 1.165) is 5.69 Å². The summed E-state index contributed by atoms with van der Waals surface area (Å²) in [6.45, 7) is 0. The molecule has 0 bridgehead atoms.